The van der Waals surface area contributed by atoms with Crippen LogP contribution in [0.5, 0.6) is 5.75 Å². The molecule has 0 amide bonds. The molecule has 0 spiro atoms. The van der Waals surface area contributed by atoms with Crippen molar-refractivity contribution in [3.63, 3.8) is 0 Å². The normalized spacial score (nSPS) is 29.0. The molecule has 1 heterocycles. The van der Waals surface area contributed by atoms with E-state index >= 15 is 0 Å². The first-order chi connectivity index (χ1) is 13.0. The molecule has 27 heavy (non-hydrogen) atoms. The standard InChI is InChI=1S/C22H26FNO3/c23-19-10-15(6-7-21(19)26)22(27)13-24-12-16-9-17(25)11-18(16)20(24)8-14-4-2-1-3-5-14/h1-7,10,16-18,20,22,25-27H,8-9,11-13H2/t16?,17?,18?,20?,22-/m0/s1. The first-order valence-electron chi connectivity index (χ1n) is 9.63. The number of aromatic hydroxyl groups is 1. The van der Waals surface area contributed by atoms with Crippen LogP contribution in [0.4, 0.5) is 4.39 Å². The Morgan fingerprint density at radius 3 is 2.63 bits per heavy atom. The van der Waals surface area contributed by atoms with E-state index in [-0.39, 0.29) is 12.1 Å². The minimum absolute atomic E-state index is 0.225. The number of likely N-dealkylation sites (tertiary alicyclic amines) is 1. The van der Waals surface area contributed by atoms with E-state index in [1.54, 1.807) is 6.07 Å². The molecule has 1 aliphatic heterocycles. The van der Waals surface area contributed by atoms with Gasteiger partial charge in [0, 0.05) is 19.1 Å². The Morgan fingerprint density at radius 2 is 1.89 bits per heavy atom. The summed E-state index contributed by atoms with van der Waals surface area (Å²) < 4.78 is 13.6. The van der Waals surface area contributed by atoms with Gasteiger partial charge in [0.1, 0.15) is 0 Å². The highest BCUT2D eigenvalue weighted by Crippen LogP contribution is 2.44. The fourth-order valence-electron chi connectivity index (χ4n) is 4.92. The van der Waals surface area contributed by atoms with E-state index in [1.807, 2.05) is 18.2 Å². The van der Waals surface area contributed by atoms with E-state index in [2.05, 4.69) is 17.0 Å². The minimum Gasteiger partial charge on any atom is -0.505 e. The number of phenolic OH excluding ortho intramolecular Hbond substituents is 1. The monoisotopic (exact) mass is 371 g/mol. The lowest BCUT2D eigenvalue weighted by Crippen LogP contribution is -2.38. The molecule has 144 valence electrons. The molecule has 0 radical (unpaired) electrons. The first-order valence-corrected chi connectivity index (χ1v) is 9.63. The van der Waals surface area contributed by atoms with Crippen molar-refractivity contribution < 1.29 is 19.7 Å². The molecular formula is C22H26FNO3. The van der Waals surface area contributed by atoms with Crippen molar-refractivity contribution in [3.8, 4) is 5.75 Å². The molecule has 2 aliphatic rings. The largest absolute Gasteiger partial charge is 0.505 e. The summed E-state index contributed by atoms with van der Waals surface area (Å²) in [6.07, 6.45) is 1.46. The number of phenols is 1. The van der Waals surface area contributed by atoms with E-state index in [0.717, 1.165) is 25.8 Å². The molecule has 4 nitrogen and oxygen atoms in total. The zero-order valence-electron chi connectivity index (χ0n) is 15.2. The number of aliphatic hydroxyl groups excluding tert-OH is 2. The molecule has 5 atom stereocenters. The molecular weight excluding hydrogens is 345 g/mol. The van der Waals surface area contributed by atoms with Gasteiger partial charge in [-0.2, -0.15) is 0 Å². The molecule has 2 fully saturated rings. The van der Waals surface area contributed by atoms with Crippen LogP contribution in [0.15, 0.2) is 48.5 Å². The molecule has 2 aromatic carbocycles. The highest BCUT2D eigenvalue weighted by Gasteiger charge is 2.47. The quantitative estimate of drug-likeness (QED) is 0.756. The second-order valence-electron chi connectivity index (χ2n) is 7.99. The second kappa shape index (κ2) is 7.58. The Kier molecular flexibility index (Phi) is 5.17. The van der Waals surface area contributed by atoms with Crippen molar-refractivity contribution >= 4 is 0 Å². The zero-order valence-corrected chi connectivity index (χ0v) is 15.2. The fourth-order valence-corrected chi connectivity index (χ4v) is 4.92. The molecule has 4 rings (SSSR count). The minimum atomic E-state index is -0.817. The van der Waals surface area contributed by atoms with Gasteiger partial charge in [0.25, 0.3) is 0 Å². The number of halogens is 1. The van der Waals surface area contributed by atoms with E-state index in [4.69, 9.17) is 0 Å². The van der Waals surface area contributed by atoms with Crippen LogP contribution in [0.1, 0.15) is 30.1 Å². The highest BCUT2D eigenvalue weighted by molar-refractivity contribution is 5.29. The number of rotatable bonds is 5. The summed E-state index contributed by atoms with van der Waals surface area (Å²) in [5.74, 6) is -0.257. The maximum atomic E-state index is 13.6. The van der Waals surface area contributed by atoms with Crippen LogP contribution in [0.2, 0.25) is 0 Å². The molecule has 1 saturated heterocycles. The summed E-state index contributed by atoms with van der Waals surface area (Å²) >= 11 is 0. The summed E-state index contributed by atoms with van der Waals surface area (Å²) in [5, 5.41) is 30.1. The average Bonchev–Trinajstić information content (AvgIpc) is 3.15. The predicted molar refractivity (Wildman–Crippen MR) is 101 cm³/mol. The van der Waals surface area contributed by atoms with Crippen LogP contribution < -0.4 is 0 Å². The summed E-state index contributed by atoms with van der Waals surface area (Å²) in [6, 6.07) is 14.6. The molecule has 4 unspecified atom stereocenters. The van der Waals surface area contributed by atoms with Crippen molar-refractivity contribution in [3.05, 3.63) is 65.5 Å². The third-order valence-electron chi connectivity index (χ3n) is 6.21. The van der Waals surface area contributed by atoms with Crippen LogP contribution >= 0.6 is 0 Å². The summed E-state index contributed by atoms with van der Waals surface area (Å²) in [5.41, 5.74) is 1.72. The summed E-state index contributed by atoms with van der Waals surface area (Å²) in [4.78, 5) is 2.30. The van der Waals surface area contributed by atoms with Gasteiger partial charge in [0.05, 0.1) is 12.2 Å². The van der Waals surface area contributed by atoms with Crippen molar-refractivity contribution in [2.45, 2.75) is 37.5 Å². The summed E-state index contributed by atoms with van der Waals surface area (Å²) in [6.45, 7) is 1.27. The number of benzene rings is 2. The van der Waals surface area contributed by atoms with Gasteiger partial charge < -0.3 is 15.3 Å². The maximum Gasteiger partial charge on any atom is 0.165 e. The van der Waals surface area contributed by atoms with E-state index in [0.29, 0.717) is 23.9 Å². The second-order valence-corrected chi connectivity index (χ2v) is 7.99. The van der Waals surface area contributed by atoms with E-state index < -0.39 is 17.7 Å². The Balaban J connectivity index is 1.51. The van der Waals surface area contributed by atoms with Crippen LogP contribution in [0.25, 0.3) is 0 Å². The highest BCUT2D eigenvalue weighted by atomic mass is 19.1. The van der Waals surface area contributed by atoms with E-state index in [9.17, 15) is 19.7 Å². The molecule has 1 aliphatic carbocycles. The van der Waals surface area contributed by atoms with Gasteiger partial charge in [-0.15, -0.1) is 0 Å². The van der Waals surface area contributed by atoms with Gasteiger partial charge >= 0.3 is 0 Å². The van der Waals surface area contributed by atoms with Crippen LogP contribution in [0, 0.1) is 17.7 Å². The van der Waals surface area contributed by atoms with Gasteiger partial charge in [0.2, 0.25) is 0 Å². The molecule has 5 heteroatoms. The SMILES string of the molecule is Oc1ccc([C@@H](O)CN2CC3CC(O)CC3C2Cc2ccccc2)cc1F. The number of β-amino-alcohol motifs (C(OH)–C–C–N with tert-alkyl or cyclic N) is 1. The number of fused-ring (bicyclic) bond motifs is 1. The van der Waals surface area contributed by atoms with Crippen molar-refractivity contribution in [1.82, 2.24) is 4.90 Å². The van der Waals surface area contributed by atoms with Crippen LogP contribution in [-0.4, -0.2) is 45.5 Å². The van der Waals surface area contributed by atoms with Gasteiger partial charge in [-0.1, -0.05) is 36.4 Å². The topological polar surface area (TPSA) is 63.9 Å². The summed E-state index contributed by atoms with van der Waals surface area (Å²) in [7, 11) is 0. The van der Waals surface area contributed by atoms with Crippen molar-refractivity contribution in [1.29, 1.82) is 0 Å². The van der Waals surface area contributed by atoms with Gasteiger partial charge in [0.15, 0.2) is 11.6 Å². The third-order valence-corrected chi connectivity index (χ3v) is 6.21. The average molecular weight is 371 g/mol. The van der Waals surface area contributed by atoms with Crippen LogP contribution in [0.3, 0.4) is 0 Å². The van der Waals surface area contributed by atoms with Crippen molar-refractivity contribution in [2.24, 2.45) is 11.8 Å². The molecule has 1 saturated carbocycles. The number of hydrogen-bond acceptors (Lipinski definition) is 4. The lowest BCUT2D eigenvalue weighted by molar-refractivity contribution is 0.0877. The Bertz CT molecular complexity index is 784. The first kappa shape index (κ1) is 18.4. The van der Waals surface area contributed by atoms with Crippen LogP contribution in [-0.2, 0) is 6.42 Å². The fraction of sp³-hybridized carbons (Fsp3) is 0.455. The van der Waals surface area contributed by atoms with Gasteiger partial charge in [-0.25, -0.2) is 4.39 Å². The predicted octanol–water partition coefficient (Wildman–Crippen LogP) is 2.88. The van der Waals surface area contributed by atoms with E-state index in [1.165, 1.54) is 17.7 Å². The lowest BCUT2D eigenvalue weighted by Gasteiger charge is -2.30. The molecule has 0 bridgehead atoms. The van der Waals surface area contributed by atoms with Gasteiger partial charge in [-0.3, -0.25) is 4.90 Å². The Labute approximate surface area is 158 Å². The lowest BCUT2D eigenvalue weighted by atomic mass is 9.90. The molecule has 2 aromatic rings. The molecule has 0 aromatic heterocycles. The Morgan fingerprint density at radius 1 is 1.11 bits per heavy atom. The smallest absolute Gasteiger partial charge is 0.165 e. The Hall–Kier alpha value is -1.95. The number of hydrogen-bond donors (Lipinski definition) is 3. The van der Waals surface area contributed by atoms with Gasteiger partial charge in [-0.05, 0) is 54.4 Å². The van der Waals surface area contributed by atoms with Crippen molar-refractivity contribution in [2.75, 3.05) is 13.1 Å². The number of nitrogens with zero attached hydrogens (tertiary/aromatic N) is 1. The third kappa shape index (κ3) is 3.86. The number of aliphatic hydroxyl groups is 2. The zero-order chi connectivity index (χ0) is 19.0. The molecule has 3 N–H and O–H groups in total. The maximum absolute atomic E-state index is 13.6.